The van der Waals surface area contributed by atoms with Crippen LogP contribution in [-0.4, -0.2) is 25.8 Å². The number of rotatable bonds is 7. The average molecular weight is 353 g/mol. The molecule has 0 amide bonds. The SMILES string of the molecule is CCN(Cc1ccccc1)Cn1nc(Cc2ccccc2)n(C)c1=S. The van der Waals surface area contributed by atoms with Gasteiger partial charge in [-0.2, -0.15) is 5.10 Å². The summed E-state index contributed by atoms with van der Waals surface area (Å²) in [6.45, 7) is 4.71. The highest BCUT2D eigenvalue weighted by molar-refractivity contribution is 7.71. The van der Waals surface area contributed by atoms with Gasteiger partial charge >= 0.3 is 0 Å². The van der Waals surface area contributed by atoms with Gasteiger partial charge < -0.3 is 4.57 Å². The van der Waals surface area contributed by atoms with Crippen LogP contribution in [0.5, 0.6) is 0 Å². The standard InChI is InChI=1S/C20H24N4S/c1-3-23(15-18-12-8-5-9-13-18)16-24-20(25)22(2)19(21-24)14-17-10-6-4-7-11-17/h4-13H,3,14-16H2,1-2H3. The number of aromatic nitrogens is 3. The molecule has 130 valence electrons. The topological polar surface area (TPSA) is 26.0 Å². The molecular weight excluding hydrogens is 328 g/mol. The molecule has 3 rings (SSSR count). The molecule has 0 spiro atoms. The molecule has 0 bridgehead atoms. The largest absolute Gasteiger partial charge is 0.307 e. The first-order chi connectivity index (χ1) is 12.2. The third-order valence-electron chi connectivity index (χ3n) is 4.37. The van der Waals surface area contributed by atoms with Gasteiger partial charge in [0.05, 0.1) is 6.67 Å². The van der Waals surface area contributed by atoms with Gasteiger partial charge in [-0.1, -0.05) is 67.6 Å². The number of nitrogens with zero attached hydrogens (tertiary/aromatic N) is 4. The second-order valence-electron chi connectivity index (χ2n) is 6.19. The highest BCUT2D eigenvalue weighted by Gasteiger charge is 2.11. The Bertz CT molecular complexity index is 852. The predicted octanol–water partition coefficient (Wildman–Crippen LogP) is 4.02. The van der Waals surface area contributed by atoms with Crippen LogP contribution in [0.1, 0.15) is 23.9 Å². The van der Waals surface area contributed by atoms with Gasteiger partial charge in [0.2, 0.25) is 0 Å². The number of hydrogen-bond acceptors (Lipinski definition) is 3. The highest BCUT2D eigenvalue weighted by Crippen LogP contribution is 2.10. The fraction of sp³-hybridized carbons (Fsp3) is 0.300. The number of hydrogen-bond donors (Lipinski definition) is 0. The lowest BCUT2D eigenvalue weighted by molar-refractivity contribution is 0.207. The Morgan fingerprint density at radius 2 is 1.56 bits per heavy atom. The molecule has 25 heavy (non-hydrogen) atoms. The monoisotopic (exact) mass is 352 g/mol. The molecule has 0 unspecified atom stereocenters. The van der Waals surface area contributed by atoms with Crippen molar-refractivity contribution >= 4 is 12.2 Å². The fourth-order valence-corrected chi connectivity index (χ4v) is 3.05. The van der Waals surface area contributed by atoms with E-state index in [1.807, 2.05) is 28.4 Å². The first-order valence-electron chi connectivity index (χ1n) is 8.60. The molecule has 0 aliphatic heterocycles. The van der Waals surface area contributed by atoms with E-state index in [4.69, 9.17) is 17.3 Å². The first-order valence-corrected chi connectivity index (χ1v) is 9.01. The smallest absolute Gasteiger partial charge is 0.198 e. The molecule has 2 aromatic carbocycles. The Morgan fingerprint density at radius 1 is 0.960 bits per heavy atom. The summed E-state index contributed by atoms with van der Waals surface area (Å²) in [7, 11) is 2.00. The maximum Gasteiger partial charge on any atom is 0.198 e. The molecule has 4 nitrogen and oxygen atoms in total. The van der Waals surface area contributed by atoms with E-state index < -0.39 is 0 Å². The molecule has 0 saturated carbocycles. The molecule has 1 aromatic heterocycles. The second kappa shape index (κ2) is 8.23. The van der Waals surface area contributed by atoms with Crippen LogP contribution in [0.25, 0.3) is 0 Å². The van der Waals surface area contributed by atoms with E-state index in [2.05, 4.69) is 60.4 Å². The van der Waals surface area contributed by atoms with E-state index in [1.165, 1.54) is 11.1 Å². The molecule has 0 aliphatic rings. The summed E-state index contributed by atoms with van der Waals surface area (Å²) in [5, 5.41) is 4.77. The minimum absolute atomic E-state index is 0.701. The van der Waals surface area contributed by atoms with Crippen LogP contribution in [0.15, 0.2) is 60.7 Å². The second-order valence-corrected chi connectivity index (χ2v) is 6.56. The summed E-state index contributed by atoms with van der Waals surface area (Å²) >= 11 is 5.60. The molecule has 0 saturated heterocycles. The Kier molecular flexibility index (Phi) is 5.79. The Hall–Kier alpha value is -2.24. The maximum atomic E-state index is 5.60. The van der Waals surface area contributed by atoms with E-state index in [0.29, 0.717) is 6.67 Å². The van der Waals surface area contributed by atoms with Crippen LogP contribution >= 0.6 is 12.2 Å². The Labute approximate surface area is 154 Å². The van der Waals surface area contributed by atoms with Crippen LogP contribution in [0.4, 0.5) is 0 Å². The third kappa shape index (κ3) is 4.44. The van der Waals surface area contributed by atoms with Crippen LogP contribution < -0.4 is 0 Å². The van der Waals surface area contributed by atoms with Crippen molar-refractivity contribution in [3.63, 3.8) is 0 Å². The van der Waals surface area contributed by atoms with Gasteiger partial charge in [-0.25, -0.2) is 4.68 Å². The van der Waals surface area contributed by atoms with Crippen LogP contribution in [-0.2, 0) is 26.7 Å². The molecule has 0 aliphatic carbocycles. The normalized spacial score (nSPS) is 11.2. The van der Waals surface area contributed by atoms with Crippen molar-refractivity contribution in [3.8, 4) is 0 Å². The summed E-state index contributed by atoms with van der Waals surface area (Å²) in [5.41, 5.74) is 2.55. The first kappa shape index (κ1) is 17.6. The lowest BCUT2D eigenvalue weighted by Crippen LogP contribution is -2.26. The zero-order valence-electron chi connectivity index (χ0n) is 14.8. The van der Waals surface area contributed by atoms with Crippen LogP contribution in [0.3, 0.4) is 0 Å². The van der Waals surface area contributed by atoms with Gasteiger partial charge in [0.25, 0.3) is 0 Å². The lowest BCUT2D eigenvalue weighted by Gasteiger charge is -2.20. The molecule has 0 radical (unpaired) electrons. The van der Waals surface area contributed by atoms with Crippen molar-refractivity contribution in [2.75, 3.05) is 6.54 Å². The van der Waals surface area contributed by atoms with Gasteiger partial charge in [0, 0.05) is 20.0 Å². The van der Waals surface area contributed by atoms with Gasteiger partial charge in [0.1, 0.15) is 5.82 Å². The van der Waals surface area contributed by atoms with Gasteiger partial charge in [-0.05, 0) is 29.9 Å². The average Bonchev–Trinajstić information content (AvgIpc) is 2.91. The van der Waals surface area contributed by atoms with Crippen molar-refractivity contribution in [2.24, 2.45) is 7.05 Å². The Morgan fingerprint density at radius 3 is 2.16 bits per heavy atom. The minimum atomic E-state index is 0.701. The van der Waals surface area contributed by atoms with Crippen molar-refractivity contribution in [1.82, 2.24) is 19.2 Å². The van der Waals surface area contributed by atoms with E-state index in [0.717, 1.165) is 30.1 Å². The van der Waals surface area contributed by atoms with E-state index >= 15 is 0 Å². The number of benzene rings is 2. The summed E-state index contributed by atoms with van der Waals surface area (Å²) in [6.07, 6.45) is 0.790. The lowest BCUT2D eigenvalue weighted by atomic mass is 10.1. The van der Waals surface area contributed by atoms with E-state index in [1.54, 1.807) is 0 Å². The van der Waals surface area contributed by atoms with Gasteiger partial charge in [-0.3, -0.25) is 4.90 Å². The molecular formula is C20H24N4S. The summed E-state index contributed by atoms with van der Waals surface area (Å²) < 4.78 is 4.70. The maximum absolute atomic E-state index is 5.60. The summed E-state index contributed by atoms with van der Waals surface area (Å²) in [6, 6.07) is 20.9. The van der Waals surface area contributed by atoms with Crippen molar-refractivity contribution < 1.29 is 0 Å². The molecule has 1 heterocycles. The van der Waals surface area contributed by atoms with Gasteiger partial charge in [-0.15, -0.1) is 0 Å². The van der Waals surface area contributed by atoms with Crippen molar-refractivity contribution in [2.45, 2.75) is 26.6 Å². The summed E-state index contributed by atoms with van der Waals surface area (Å²) in [4.78, 5) is 2.34. The highest BCUT2D eigenvalue weighted by atomic mass is 32.1. The zero-order chi connectivity index (χ0) is 17.6. The quantitative estimate of drug-likeness (QED) is 0.601. The Balaban J connectivity index is 1.75. The molecule has 5 heteroatoms. The predicted molar refractivity (Wildman–Crippen MR) is 104 cm³/mol. The van der Waals surface area contributed by atoms with E-state index in [9.17, 15) is 0 Å². The van der Waals surface area contributed by atoms with Gasteiger partial charge in [0.15, 0.2) is 4.77 Å². The van der Waals surface area contributed by atoms with Crippen molar-refractivity contribution in [1.29, 1.82) is 0 Å². The van der Waals surface area contributed by atoms with Crippen LogP contribution in [0, 0.1) is 4.77 Å². The zero-order valence-corrected chi connectivity index (χ0v) is 15.6. The molecule has 0 fully saturated rings. The van der Waals surface area contributed by atoms with E-state index in [-0.39, 0.29) is 0 Å². The molecule has 0 atom stereocenters. The van der Waals surface area contributed by atoms with Crippen LogP contribution in [0.2, 0.25) is 0 Å². The summed E-state index contributed by atoms with van der Waals surface area (Å²) in [5.74, 6) is 0.993. The molecule has 3 aromatic rings. The third-order valence-corrected chi connectivity index (χ3v) is 4.85. The van der Waals surface area contributed by atoms with Crippen molar-refractivity contribution in [3.05, 3.63) is 82.4 Å². The molecule has 0 N–H and O–H groups in total. The fourth-order valence-electron chi connectivity index (χ4n) is 2.85. The minimum Gasteiger partial charge on any atom is -0.307 e.